The van der Waals surface area contributed by atoms with Gasteiger partial charge in [-0.25, -0.2) is 0 Å². The molecule has 0 radical (unpaired) electrons. The number of anilines is 1. The molecule has 1 amide bonds. The van der Waals surface area contributed by atoms with Gasteiger partial charge in [0, 0.05) is 24.2 Å². The van der Waals surface area contributed by atoms with Crippen molar-refractivity contribution in [2.45, 2.75) is 12.8 Å². The highest BCUT2D eigenvalue weighted by Crippen LogP contribution is 2.21. The number of hydrogen-bond donors (Lipinski definition) is 1. The van der Waals surface area contributed by atoms with Crippen LogP contribution in [0.15, 0.2) is 48.5 Å². The standard InChI is InChI=1S/C17H15N3O4/c18-10-3-4-11-24-14-7-5-6-13(12-14)19-17(21)15-8-1-2-9-16(15)20(22)23/h1-2,5-9,12H,3-4,11H2,(H,19,21). The first-order valence-electron chi connectivity index (χ1n) is 7.26. The van der Waals surface area contributed by atoms with E-state index in [-0.39, 0.29) is 11.3 Å². The van der Waals surface area contributed by atoms with Gasteiger partial charge in [-0.2, -0.15) is 5.26 Å². The predicted octanol–water partition coefficient (Wildman–Crippen LogP) is 3.53. The van der Waals surface area contributed by atoms with Gasteiger partial charge in [0.05, 0.1) is 17.6 Å². The summed E-state index contributed by atoms with van der Waals surface area (Å²) in [5, 5.41) is 22.1. The third-order valence-electron chi connectivity index (χ3n) is 3.14. The number of nitriles is 1. The fourth-order valence-electron chi connectivity index (χ4n) is 2.03. The summed E-state index contributed by atoms with van der Waals surface area (Å²) in [5.41, 5.74) is 0.206. The molecular formula is C17H15N3O4. The van der Waals surface area contributed by atoms with Crippen LogP contribution in [0.5, 0.6) is 5.75 Å². The molecule has 0 aliphatic carbocycles. The van der Waals surface area contributed by atoms with Crippen molar-refractivity contribution in [1.29, 1.82) is 5.26 Å². The maximum atomic E-state index is 12.3. The van der Waals surface area contributed by atoms with Gasteiger partial charge in [0.25, 0.3) is 11.6 Å². The summed E-state index contributed by atoms with van der Waals surface area (Å²) in [4.78, 5) is 22.7. The highest BCUT2D eigenvalue weighted by atomic mass is 16.6. The first kappa shape index (κ1) is 17.0. The third-order valence-corrected chi connectivity index (χ3v) is 3.14. The largest absolute Gasteiger partial charge is 0.493 e. The van der Waals surface area contributed by atoms with E-state index in [2.05, 4.69) is 5.32 Å². The van der Waals surface area contributed by atoms with Gasteiger partial charge in [0.1, 0.15) is 11.3 Å². The molecule has 0 fully saturated rings. The molecule has 24 heavy (non-hydrogen) atoms. The SMILES string of the molecule is N#CCCCOc1cccc(NC(=O)c2ccccc2[N+](=O)[O-])c1. The number of para-hydroxylation sites is 1. The van der Waals surface area contributed by atoms with Gasteiger partial charge >= 0.3 is 0 Å². The minimum absolute atomic E-state index is 0.0113. The Bertz CT molecular complexity index is 783. The number of nitrogens with zero attached hydrogens (tertiary/aromatic N) is 2. The van der Waals surface area contributed by atoms with Gasteiger partial charge in [-0.3, -0.25) is 14.9 Å². The Kier molecular flexibility index (Phi) is 5.86. The van der Waals surface area contributed by atoms with E-state index < -0.39 is 10.8 Å². The van der Waals surface area contributed by atoms with Crippen LogP contribution in [0.1, 0.15) is 23.2 Å². The number of unbranched alkanes of at least 4 members (excludes halogenated alkanes) is 1. The summed E-state index contributed by atoms with van der Waals surface area (Å²) in [7, 11) is 0. The number of ether oxygens (including phenoxy) is 1. The van der Waals surface area contributed by atoms with Crippen molar-refractivity contribution in [3.8, 4) is 11.8 Å². The number of nitro groups is 1. The van der Waals surface area contributed by atoms with Crippen LogP contribution in [-0.4, -0.2) is 17.4 Å². The van der Waals surface area contributed by atoms with Crippen LogP contribution in [0, 0.1) is 21.4 Å². The van der Waals surface area contributed by atoms with Gasteiger partial charge in [-0.15, -0.1) is 0 Å². The quantitative estimate of drug-likeness (QED) is 0.476. The van der Waals surface area contributed by atoms with Crippen molar-refractivity contribution in [3.63, 3.8) is 0 Å². The van der Waals surface area contributed by atoms with E-state index in [1.54, 1.807) is 30.3 Å². The van der Waals surface area contributed by atoms with Gasteiger partial charge < -0.3 is 10.1 Å². The molecule has 0 aliphatic heterocycles. The first-order valence-corrected chi connectivity index (χ1v) is 7.26. The highest BCUT2D eigenvalue weighted by molar-refractivity contribution is 6.07. The van der Waals surface area contributed by atoms with E-state index in [0.717, 1.165) is 0 Å². The van der Waals surface area contributed by atoms with Crippen LogP contribution in [0.4, 0.5) is 11.4 Å². The van der Waals surface area contributed by atoms with Crippen LogP contribution in [0.2, 0.25) is 0 Å². The topological polar surface area (TPSA) is 105 Å². The van der Waals surface area contributed by atoms with Gasteiger partial charge in [0.2, 0.25) is 0 Å². The Balaban J connectivity index is 2.07. The van der Waals surface area contributed by atoms with Crippen LogP contribution in [0.25, 0.3) is 0 Å². The summed E-state index contributed by atoms with van der Waals surface area (Å²) >= 11 is 0. The number of rotatable bonds is 7. The van der Waals surface area contributed by atoms with Gasteiger partial charge in [-0.1, -0.05) is 18.2 Å². The first-order chi connectivity index (χ1) is 11.6. The molecule has 2 rings (SSSR count). The van der Waals surface area contributed by atoms with Gasteiger partial charge in [-0.05, 0) is 24.6 Å². The van der Waals surface area contributed by atoms with Crippen LogP contribution >= 0.6 is 0 Å². The van der Waals surface area contributed by atoms with Crippen molar-refractivity contribution in [2.24, 2.45) is 0 Å². The molecule has 122 valence electrons. The summed E-state index contributed by atoms with van der Waals surface area (Å²) in [6.07, 6.45) is 1.03. The molecule has 0 atom stereocenters. The second-order valence-electron chi connectivity index (χ2n) is 4.87. The fourth-order valence-corrected chi connectivity index (χ4v) is 2.03. The predicted molar refractivity (Wildman–Crippen MR) is 87.8 cm³/mol. The Labute approximate surface area is 138 Å². The van der Waals surface area contributed by atoms with Crippen molar-refractivity contribution in [1.82, 2.24) is 0 Å². The molecular weight excluding hydrogens is 310 g/mol. The molecule has 2 aromatic carbocycles. The number of nitrogens with one attached hydrogen (secondary N) is 1. The molecule has 0 saturated heterocycles. The summed E-state index contributed by atoms with van der Waals surface area (Å²) in [6, 6.07) is 14.5. The van der Waals surface area contributed by atoms with Crippen molar-refractivity contribution >= 4 is 17.3 Å². The third kappa shape index (κ3) is 4.55. The van der Waals surface area contributed by atoms with E-state index in [1.807, 2.05) is 6.07 Å². The Morgan fingerprint density at radius 2 is 2.04 bits per heavy atom. The molecule has 7 nitrogen and oxygen atoms in total. The van der Waals surface area contributed by atoms with E-state index >= 15 is 0 Å². The number of carbonyl (C=O) groups excluding carboxylic acids is 1. The number of hydrogen-bond acceptors (Lipinski definition) is 5. The zero-order valence-corrected chi connectivity index (χ0v) is 12.8. The number of amides is 1. The number of benzene rings is 2. The Morgan fingerprint density at radius 3 is 2.79 bits per heavy atom. The lowest BCUT2D eigenvalue weighted by Crippen LogP contribution is -2.13. The zero-order valence-electron chi connectivity index (χ0n) is 12.8. The lowest BCUT2D eigenvalue weighted by Gasteiger charge is -2.09. The lowest BCUT2D eigenvalue weighted by atomic mass is 10.1. The molecule has 0 aromatic heterocycles. The summed E-state index contributed by atoms with van der Waals surface area (Å²) in [6.45, 7) is 0.398. The van der Waals surface area contributed by atoms with E-state index in [9.17, 15) is 14.9 Å². The molecule has 0 spiro atoms. The molecule has 0 unspecified atom stereocenters. The maximum absolute atomic E-state index is 12.3. The molecule has 0 bridgehead atoms. The highest BCUT2D eigenvalue weighted by Gasteiger charge is 2.19. The monoisotopic (exact) mass is 325 g/mol. The van der Waals surface area contributed by atoms with Crippen LogP contribution in [-0.2, 0) is 0 Å². The fraction of sp³-hybridized carbons (Fsp3) is 0.176. The van der Waals surface area contributed by atoms with Gasteiger partial charge in [0.15, 0.2) is 0 Å². The lowest BCUT2D eigenvalue weighted by molar-refractivity contribution is -0.385. The molecule has 2 aromatic rings. The molecule has 7 heteroatoms. The van der Waals surface area contributed by atoms with Crippen molar-refractivity contribution in [3.05, 3.63) is 64.2 Å². The summed E-state index contributed by atoms with van der Waals surface area (Å²) in [5.74, 6) is -0.0165. The van der Waals surface area contributed by atoms with E-state index in [4.69, 9.17) is 10.00 Å². The maximum Gasteiger partial charge on any atom is 0.282 e. The van der Waals surface area contributed by atoms with E-state index in [0.29, 0.717) is 30.9 Å². The Morgan fingerprint density at radius 1 is 1.25 bits per heavy atom. The second kappa shape index (κ2) is 8.29. The average molecular weight is 325 g/mol. The normalized spacial score (nSPS) is 9.79. The second-order valence-corrected chi connectivity index (χ2v) is 4.87. The van der Waals surface area contributed by atoms with Crippen molar-refractivity contribution < 1.29 is 14.5 Å². The van der Waals surface area contributed by atoms with Crippen molar-refractivity contribution in [2.75, 3.05) is 11.9 Å². The minimum atomic E-state index is -0.594. The smallest absolute Gasteiger partial charge is 0.282 e. The summed E-state index contributed by atoms with van der Waals surface area (Å²) < 4.78 is 5.49. The Hall–Kier alpha value is -3.40. The number of nitro benzene ring substituents is 1. The number of carbonyl (C=O) groups is 1. The molecule has 1 N–H and O–H groups in total. The molecule has 0 aliphatic rings. The average Bonchev–Trinajstić information content (AvgIpc) is 2.59. The molecule has 0 saturated carbocycles. The van der Waals surface area contributed by atoms with Crippen LogP contribution < -0.4 is 10.1 Å². The van der Waals surface area contributed by atoms with E-state index in [1.165, 1.54) is 18.2 Å². The van der Waals surface area contributed by atoms with Crippen LogP contribution in [0.3, 0.4) is 0 Å². The molecule has 0 heterocycles. The zero-order chi connectivity index (χ0) is 17.4. The minimum Gasteiger partial charge on any atom is -0.493 e.